The molecule has 0 fully saturated rings. The highest BCUT2D eigenvalue weighted by Crippen LogP contribution is 2.03. The predicted molar refractivity (Wildman–Crippen MR) is 48.5 cm³/mol. The van der Waals surface area contributed by atoms with Crippen LogP contribution in [0.3, 0.4) is 0 Å². The molecule has 0 aliphatic heterocycles. The van der Waals surface area contributed by atoms with Crippen LogP contribution >= 0.6 is 8.46 Å². The summed E-state index contributed by atoms with van der Waals surface area (Å²) in [6, 6.07) is -0.804. The molecule has 13 heavy (non-hydrogen) atoms. The van der Waals surface area contributed by atoms with Crippen molar-refractivity contribution in [2.24, 2.45) is 5.73 Å². The molecule has 5 nitrogen and oxygen atoms in total. The maximum absolute atomic E-state index is 10.9. The Hall–Kier alpha value is -0.800. The van der Waals surface area contributed by atoms with Crippen LogP contribution in [0.15, 0.2) is 0 Å². The first-order valence-corrected chi connectivity index (χ1v) is 4.82. The summed E-state index contributed by atoms with van der Waals surface area (Å²) in [5, 5.41) is 2.57. The predicted octanol–water partition coefficient (Wildman–Crippen LogP) is 0.0483. The fourth-order valence-corrected chi connectivity index (χ4v) is 1.03. The number of rotatable bonds is 6. The molecule has 0 aromatic carbocycles. The van der Waals surface area contributed by atoms with E-state index >= 15 is 0 Å². The zero-order chi connectivity index (χ0) is 10.3. The Labute approximate surface area is 78.3 Å². The van der Waals surface area contributed by atoms with E-state index in [2.05, 4.69) is 5.32 Å². The van der Waals surface area contributed by atoms with Crippen LogP contribution in [0, 0.1) is 0 Å². The second kappa shape index (κ2) is 6.69. The third-order valence-corrected chi connectivity index (χ3v) is 1.98. The van der Waals surface area contributed by atoms with Gasteiger partial charge in [0.15, 0.2) is 0 Å². The van der Waals surface area contributed by atoms with E-state index in [0.29, 0.717) is 6.54 Å². The van der Waals surface area contributed by atoms with Crippen molar-refractivity contribution in [3.63, 3.8) is 0 Å². The van der Waals surface area contributed by atoms with Crippen LogP contribution in [0.2, 0.25) is 0 Å². The molecule has 0 saturated heterocycles. The molecule has 0 heterocycles. The van der Waals surface area contributed by atoms with Crippen LogP contribution in [0.1, 0.15) is 19.8 Å². The van der Waals surface area contributed by atoms with Gasteiger partial charge in [-0.25, -0.2) is 0 Å². The highest BCUT2D eigenvalue weighted by atomic mass is 31.1. The number of amides is 1. The summed E-state index contributed by atoms with van der Waals surface area (Å²) >= 11 is 0. The average molecular weight is 204 g/mol. The van der Waals surface area contributed by atoms with Crippen LogP contribution in [-0.4, -0.2) is 24.0 Å². The summed E-state index contributed by atoms with van der Waals surface area (Å²) in [5.41, 5.74) is 4.77. The van der Waals surface area contributed by atoms with Crippen LogP contribution in [-0.2, 0) is 14.2 Å². The molecular weight excluding hydrogens is 191 g/mol. The lowest BCUT2D eigenvalue weighted by molar-refractivity contribution is -0.121. The second-order valence-electron chi connectivity index (χ2n) is 2.53. The van der Waals surface area contributed by atoms with Crippen molar-refractivity contribution in [3.8, 4) is 0 Å². The SMILES string of the molecule is CCNC(=O)CC[C@H](N)C(=O)P=O. The third-order valence-electron chi connectivity index (χ3n) is 1.46. The summed E-state index contributed by atoms with van der Waals surface area (Å²) in [4.78, 5) is 21.6. The van der Waals surface area contributed by atoms with Gasteiger partial charge in [-0.1, -0.05) is 0 Å². The van der Waals surface area contributed by atoms with Gasteiger partial charge in [0, 0.05) is 13.0 Å². The molecule has 0 saturated carbocycles. The fraction of sp³-hybridized carbons (Fsp3) is 0.714. The Bertz CT molecular complexity index is 208. The molecule has 74 valence electrons. The largest absolute Gasteiger partial charge is 0.356 e. The number of nitrogens with two attached hydrogens (primary N) is 1. The Kier molecular flexibility index (Phi) is 6.28. The molecule has 1 amide bonds. The summed E-state index contributed by atoms with van der Waals surface area (Å²) in [6.45, 7) is 2.36. The first-order valence-electron chi connectivity index (χ1n) is 4.01. The van der Waals surface area contributed by atoms with Crippen molar-refractivity contribution in [2.45, 2.75) is 25.8 Å². The van der Waals surface area contributed by atoms with Crippen molar-refractivity contribution in [3.05, 3.63) is 0 Å². The van der Waals surface area contributed by atoms with Gasteiger partial charge in [0.1, 0.15) is 0 Å². The van der Waals surface area contributed by atoms with Crippen molar-refractivity contribution in [1.29, 1.82) is 0 Å². The van der Waals surface area contributed by atoms with E-state index in [1.807, 2.05) is 0 Å². The lowest BCUT2D eigenvalue weighted by Gasteiger charge is -2.05. The number of carbonyl (C=O) groups is 2. The monoisotopic (exact) mass is 204 g/mol. The summed E-state index contributed by atoms with van der Waals surface area (Å²) in [5.74, 6) is -0.145. The Morgan fingerprint density at radius 3 is 2.62 bits per heavy atom. The Morgan fingerprint density at radius 2 is 2.15 bits per heavy atom. The second-order valence-corrected chi connectivity index (χ2v) is 3.15. The molecule has 0 bridgehead atoms. The molecule has 6 heteroatoms. The maximum atomic E-state index is 10.9. The number of hydrogen-bond donors (Lipinski definition) is 2. The van der Waals surface area contributed by atoms with Gasteiger partial charge in [-0.15, -0.1) is 0 Å². The van der Waals surface area contributed by atoms with E-state index in [0.717, 1.165) is 0 Å². The van der Waals surface area contributed by atoms with Crippen molar-refractivity contribution < 1.29 is 14.2 Å². The molecule has 0 unspecified atom stereocenters. The molecule has 0 aromatic heterocycles. The molecule has 0 aromatic rings. The van der Waals surface area contributed by atoms with E-state index in [4.69, 9.17) is 5.73 Å². The van der Waals surface area contributed by atoms with E-state index in [1.54, 1.807) is 6.92 Å². The lowest BCUT2D eigenvalue weighted by Crippen LogP contribution is -2.30. The van der Waals surface area contributed by atoms with Crippen molar-refractivity contribution in [1.82, 2.24) is 5.32 Å². The van der Waals surface area contributed by atoms with Crippen LogP contribution in [0.5, 0.6) is 0 Å². The molecule has 1 atom stereocenters. The van der Waals surface area contributed by atoms with E-state index in [9.17, 15) is 14.2 Å². The average Bonchev–Trinajstić information content (AvgIpc) is 2.13. The van der Waals surface area contributed by atoms with Crippen LogP contribution in [0.25, 0.3) is 0 Å². The van der Waals surface area contributed by atoms with Gasteiger partial charge >= 0.3 is 0 Å². The van der Waals surface area contributed by atoms with Gasteiger partial charge in [0.05, 0.1) is 6.04 Å². The topological polar surface area (TPSA) is 89.3 Å². The van der Waals surface area contributed by atoms with E-state index in [1.165, 1.54) is 0 Å². The summed E-state index contributed by atoms with van der Waals surface area (Å²) in [7, 11) is -0.589. The van der Waals surface area contributed by atoms with Gasteiger partial charge in [-0.05, 0) is 13.3 Å². The molecule has 0 aliphatic rings. The van der Waals surface area contributed by atoms with Gasteiger partial charge in [-0.2, -0.15) is 0 Å². The molecule has 0 rings (SSSR count). The lowest BCUT2D eigenvalue weighted by atomic mass is 10.2. The summed E-state index contributed by atoms with van der Waals surface area (Å²) < 4.78 is 10.1. The molecular formula is C7H13N2O3P. The Balaban J connectivity index is 3.69. The highest BCUT2D eigenvalue weighted by Gasteiger charge is 2.14. The Morgan fingerprint density at radius 1 is 1.54 bits per heavy atom. The zero-order valence-corrected chi connectivity index (χ0v) is 8.34. The van der Waals surface area contributed by atoms with E-state index in [-0.39, 0.29) is 18.7 Å². The third kappa shape index (κ3) is 5.44. The number of hydrogen-bond acceptors (Lipinski definition) is 4. The maximum Gasteiger partial charge on any atom is 0.239 e. The minimum Gasteiger partial charge on any atom is -0.356 e. The molecule has 0 aliphatic carbocycles. The standard InChI is InChI=1S/C7H13N2O3P/c1-2-9-6(10)4-3-5(8)7(11)13-12/h5H,2-4,8H2,1H3,(H,9,10)/t5-/m0/s1. The first-order chi connectivity index (χ1) is 6.11. The highest BCUT2D eigenvalue weighted by molar-refractivity contribution is 7.46. The quantitative estimate of drug-likeness (QED) is 0.598. The fourth-order valence-electron chi connectivity index (χ4n) is 0.763. The van der Waals surface area contributed by atoms with Crippen LogP contribution < -0.4 is 11.1 Å². The molecule has 0 spiro atoms. The normalized spacial score (nSPS) is 12.5. The van der Waals surface area contributed by atoms with Crippen molar-refractivity contribution in [2.75, 3.05) is 6.54 Å². The molecule has 0 radical (unpaired) electrons. The minimum atomic E-state index is -0.804. The van der Waals surface area contributed by atoms with Gasteiger partial charge < -0.3 is 11.1 Å². The van der Waals surface area contributed by atoms with Gasteiger partial charge in [-0.3, -0.25) is 14.2 Å². The zero-order valence-electron chi connectivity index (χ0n) is 7.45. The summed E-state index contributed by atoms with van der Waals surface area (Å²) in [6.07, 6.45) is 0.427. The van der Waals surface area contributed by atoms with Crippen LogP contribution in [0.4, 0.5) is 0 Å². The number of nitrogens with one attached hydrogen (secondary N) is 1. The smallest absolute Gasteiger partial charge is 0.239 e. The number of carbonyl (C=O) groups excluding carboxylic acids is 2. The first kappa shape index (κ1) is 12.2. The van der Waals surface area contributed by atoms with Gasteiger partial charge in [0.25, 0.3) is 0 Å². The van der Waals surface area contributed by atoms with Crippen molar-refractivity contribution >= 4 is 19.9 Å². The van der Waals surface area contributed by atoms with E-state index < -0.39 is 20.0 Å². The van der Waals surface area contributed by atoms with Gasteiger partial charge in [0.2, 0.25) is 19.9 Å². The molecule has 3 N–H and O–H groups in total. The minimum absolute atomic E-state index is 0.145.